The van der Waals surface area contributed by atoms with E-state index in [0.29, 0.717) is 41.5 Å². The summed E-state index contributed by atoms with van der Waals surface area (Å²) in [4.78, 5) is 30.8. The van der Waals surface area contributed by atoms with E-state index in [1.54, 1.807) is 25.7 Å². The van der Waals surface area contributed by atoms with Gasteiger partial charge in [-0.25, -0.2) is 9.78 Å². The minimum absolute atomic E-state index is 0.269. The second-order valence-electron chi connectivity index (χ2n) is 8.01. The van der Waals surface area contributed by atoms with Gasteiger partial charge in [-0.3, -0.25) is 8.98 Å². The minimum atomic E-state index is -3.81. The molecule has 0 aromatic carbocycles. The van der Waals surface area contributed by atoms with Crippen molar-refractivity contribution in [1.29, 1.82) is 0 Å². The van der Waals surface area contributed by atoms with E-state index in [4.69, 9.17) is 8.92 Å². The molecule has 1 aliphatic rings. The van der Waals surface area contributed by atoms with Crippen molar-refractivity contribution in [2.24, 2.45) is 0 Å². The van der Waals surface area contributed by atoms with E-state index in [1.807, 2.05) is 6.92 Å². The molecule has 0 spiro atoms. The maximum atomic E-state index is 12.9. The molecular formula is C18H29N3O6S2. The molecule has 1 aromatic rings. The van der Waals surface area contributed by atoms with E-state index < -0.39 is 34.0 Å². The third kappa shape index (κ3) is 6.65. The molecule has 2 unspecified atom stereocenters. The molecular weight excluding hydrogens is 418 g/mol. The summed E-state index contributed by atoms with van der Waals surface area (Å²) < 4.78 is 34.9. The van der Waals surface area contributed by atoms with Gasteiger partial charge >= 0.3 is 6.09 Å². The van der Waals surface area contributed by atoms with Gasteiger partial charge in [-0.1, -0.05) is 18.3 Å². The van der Waals surface area contributed by atoms with Gasteiger partial charge in [-0.05, 0) is 40.0 Å². The summed E-state index contributed by atoms with van der Waals surface area (Å²) in [5.74, 6) is -0.269. The Morgan fingerprint density at radius 2 is 2.00 bits per heavy atom. The highest BCUT2D eigenvalue weighted by atomic mass is 32.2. The number of aromatic nitrogens is 1. The summed E-state index contributed by atoms with van der Waals surface area (Å²) in [5, 5.41) is 3.01. The van der Waals surface area contributed by atoms with Gasteiger partial charge in [-0.2, -0.15) is 8.42 Å². The molecule has 2 rings (SSSR count). The van der Waals surface area contributed by atoms with Gasteiger partial charge in [0.05, 0.1) is 22.9 Å². The fraction of sp³-hybridized carbons (Fsp3) is 0.722. The summed E-state index contributed by atoms with van der Waals surface area (Å²) in [6.07, 6.45) is 1.23. The molecule has 1 aliphatic carbocycles. The maximum absolute atomic E-state index is 12.9. The largest absolute Gasteiger partial charge is 0.444 e. The maximum Gasteiger partial charge on any atom is 0.410 e. The van der Waals surface area contributed by atoms with Gasteiger partial charge in [0, 0.05) is 13.5 Å². The quantitative estimate of drug-likeness (QED) is 0.666. The Hall–Kier alpha value is -1.72. The number of thiazole rings is 1. The molecule has 29 heavy (non-hydrogen) atoms. The predicted molar refractivity (Wildman–Crippen MR) is 110 cm³/mol. The summed E-state index contributed by atoms with van der Waals surface area (Å²) in [5.41, 5.74) is -0.0108. The van der Waals surface area contributed by atoms with Gasteiger partial charge in [-0.15, -0.1) is 0 Å². The number of carbonyl (C=O) groups excluding carboxylic acids is 2. The molecule has 1 heterocycles. The van der Waals surface area contributed by atoms with Crippen LogP contribution in [0.2, 0.25) is 0 Å². The van der Waals surface area contributed by atoms with Crippen LogP contribution in [0.4, 0.5) is 9.93 Å². The SMILES string of the molecule is CCCN(C(=O)OC(C)(C)C)C1CCc2nc(NC(C)=O)sc2C1OS(C)(=O)=O. The van der Waals surface area contributed by atoms with Crippen LogP contribution < -0.4 is 5.32 Å². The van der Waals surface area contributed by atoms with Gasteiger partial charge < -0.3 is 15.0 Å². The average Bonchev–Trinajstić information content (AvgIpc) is 2.92. The lowest BCUT2D eigenvalue weighted by molar-refractivity contribution is -0.114. The number of carbonyl (C=O) groups is 2. The van der Waals surface area contributed by atoms with E-state index in [2.05, 4.69) is 10.3 Å². The monoisotopic (exact) mass is 447 g/mol. The van der Waals surface area contributed by atoms with Crippen LogP contribution in [-0.2, 0) is 30.3 Å². The van der Waals surface area contributed by atoms with Crippen molar-refractivity contribution in [3.05, 3.63) is 10.6 Å². The molecule has 164 valence electrons. The van der Waals surface area contributed by atoms with Crippen molar-refractivity contribution in [3.8, 4) is 0 Å². The summed E-state index contributed by atoms with van der Waals surface area (Å²) in [6, 6.07) is -0.530. The second-order valence-corrected chi connectivity index (χ2v) is 10.6. The number of nitrogens with zero attached hydrogens (tertiary/aromatic N) is 2. The lowest BCUT2D eigenvalue weighted by Gasteiger charge is -2.39. The molecule has 2 atom stereocenters. The highest BCUT2D eigenvalue weighted by molar-refractivity contribution is 7.86. The van der Waals surface area contributed by atoms with Gasteiger partial charge in [0.1, 0.15) is 11.7 Å². The minimum Gasteiger partial charge on any atom is -0.444 e. The summed E-state index contributed by atoms with van der Waals surface area (Å²) in [7, 11) is -3.81. The lowest BCUT2D eigenvalue weighted by atomic mass is 9.93. The van der Waals surface area contributed by atoms with Crippen LogP contribution in [-0.4, -0.2) is 54.7 Å². The number of fused-ring (bicyclic) bond motifs is 1. The van der Waals surface area contributed by atoms with E-state index in [0.717, 1.165) is 6.26 Å². The summed E-state index contributed by atoms with van der Waals surface area (Å²) in [6.45, 7) is 9.04. The van der Waals surface area contributed by atoms with Gasteiger partial charge in [0.2, 0.25) is 5.91 Å². The second kappa shape index (κ2) is 8.97. The Morgan fingerprint density at radius 3 is 2.52 bits per heavy atom. The van der Waals surface area contributed by atoms with Crippen LogP contribution in [0.1, 0.15) is 64.1 Å². The van der Waals surface area contributed by atoms with Crippen molar-refractivity contribution >= 4 is 38.6 Å². The Balaban J connectivity index is 2.43. The normalized spacial score (nSPS) is 19.4. The first-order valence-corrected chi connectivity index (χ1v) is 12.1. The number of anilines is 1. The third-order valence-electron chi connectivity index (χ3n) is 4.07. The molecule has 0 radical (unpaired) electrons. The van der Waals surface area contributed by atoms with Crippen LogP contribution in [0.15, 0.2) is 0 Å². The molecule has 0 aliphatic heterocycles. The number of amides is 2. The van der Waals surface area contributed by atoms with Crippen molar-refractivity contribution in [3.63, 3.8) is 0 Å². The molecule has 0 bridgehead atoms. The molecule has 0 saturated carbocycles. The van der Waals surface area contributed by atoms with Crippen molar-refractivity contribution in [2.75, 3.05) is 18.1 Å². The zero-order valence-electron chi connectivity index (χ0n) is 17.6. The van der Waals surface area contributed by atoms with E-state index in [1.165, 1.54) is 18.3 Å². The molecule has 1 aromatic heterocycles. The Labute approximate surface area is 175 Å². The fourth-order valence-electron chi connectivity index (χ4n) is 3.15. The molecule has 2 amide bonds. The first-order chi connectivity index (χ1) is 13.3. The Kier molecular flexibility index (Phi) is 7.28. The van der Waals surface area contributed by atoms with Crippen molar-refractivity contribution in [2.45, 2.75) is 71.6 Å². The molecule has 11 heteroatoms. The number of aryl methyl sites for hydroxylation is 1. The van der Waals surface area contributed by atoms with Crippen LogP contribution in [0.5, 0.6) is 0 Å². The van der Waals surface area contributed by atoms with Gasteiger partial charge in [0.15, 0.2) is 5.13 Å². The first kappa shape index (κ1) is 23.6. The molecule has 0 saturated heterocycles. The lowest BCUT2D eigenvalue weighted by Crippen LogP contribution is -2.48. The third-order valence-corrected chi connectivity index (χ3v) is 5.70. The Bertz CT molecular complexity index is 859. The number of hydrogen-bond acceptors (Lipinski definition) is 8. The van der Waals surface area contributed by atoms with E-state index in [-0.39, 0.29) is 5.91 Å². The van der Waals surface area contributed by atoms with Crippen molar-refractivity contribution < 1.29 is 26.9 Å². The number of rotatable bonds is 6. The molecule has 9 nitrogen and oxygen atoms in total. The van der Waals surface area contributed by atoms with Crippen LogP contribution >= 0.6 is 11.3 Å². The molecule has 0 fully saturated rings. The zero-order valence-corrected chi connectivity index (χ0v) is 19.3. The highest BCUT2D eigenvalue weighted by Crippen LogP contribution is 2.41. The topological polar surface area (TPSA) is 115 Å². The van der Waals surface area contributed by atoms with Crippen LogP contribution in [0.3, 0.4) is 0 Å². The summed E-state index contributed by atoms with van der Waals surface area (Å²) >= 11 is 1.17. The van der Waals surface area contributed by atoms with E-state index >= 15 is 0 Å². The smallest absolute Gasteiger partial charge is 0.410 e. The number of hydrogen-bond donors (Lipinski definition) is 1. The van der Waals surface area contributed by atoms with Crippen LogP contribution in [0, 0.1) is 0 Å². The zero-order chi connectivity index (χ0) is 22.0. The molecule has 1 N–H and O–H groups in total. The standard InChI is InChI=1S/C18H29N3O6S2/c1-7-10-21(17(23)26-18(3,4)5)13-9-8-12-15(14(13)27-29(6,24)25)28-16(20-12)19-11(2)22/h13-14H,7-10H2,1-6H3,(H,19,20,22). The fourth-order valence-corrected chi connectivity index (χ4v) is 4.96. The predicted octanol–water partition coefficient (Wildman–Crippen LogP) is 3.08. The van der Waals surface area contributed by atoms with E-state index in [9.17, 15) is 18.0 Å². The highest BCUT2D eigenvalue weighted by Gasteiger charge is 2.41. The van der Waals surface area contributed by atoms with Crippen LogP contribution in [0.25, 0.3) is 0 Å². The van der Waals surface area contributed by atoms with Gasteiger partial charge in [0.25, 0.3) is 10.1 Å². The number of nitrogens with one attached hydrogen (secondary N) is 1. The Morgan fingerprint density at radius 1 is 1.34 bits per heavy atom. The number of ether oxygens (including phenoxy) is 1. The first-order valence-electron chi connectivity index (χ1n) is 9.45. The van der Waals surface area contributed by atoms with Crippen molar-refractivity contribution in [1.82, 2.24) is 9.88 Å². The average molecular weight is 448 g/mol.